The standard InChI is InChI=1S/C10H18N2O4/c1-6(5-9(13)14)11-10(15)12-8-3-4-16-7(8)2/h6-8H,3-5H2,1-2H3,(H,13,14)(H2,11,12,15). The van der Waals surface area contributed by atoms with E-state index in [0.717, 1.165) is 6.42 Å². The Morgan fingerprint density at radius 3 is 2.75 bits per heavy atom. The van der Waals surface area contributed by atoms with E-state index in [1.165, 1.54) is 0 Å². The first-order valence-electron chi connectivity index (χ1n) is 5.39. The highest BCUT2D eigenvalue weighted by Gasteiger charge is 2.25. The molecule has 1 fully saturated rings. The van der Waals surface area contributed by atoms with Gasteiger partial charge in [0.15, 0.2) is 0 Å². The van der Waals surface area contributed by atoms with Crippen molar-refractivity contribution in [2.75, 3.05) is 6.61 Å². The van der Waals surface area contributed by atoms with Gasteiger partial charge in [0, 0.05) is 12.6 Å². The zero-order valence-corrected chi connectivity index (χ0v) is 9.53. The Hall–Kier alpha value is -1.30. The van der Waals surface area contributed by atoms with Gasteiger partial charge in [-0.25, -0.2) is 4.79 Å². The fourth-order valence-electron chi connectivity index (χ4n) is 1.67. The Kier molecular flexibility index (Phi) is 4.54. The quantitative estimate of drug-likeness (QED) is 0.649. The maximum atomic E-state index is 11.5. The topological polar surface area (TPSA) is 87.7 Å². The third-order valence-electron chi connectivity index (χ3n) is 2.55. The second kappa shape index (κ2) is 5.69. The second-order valence-corrected chi connectivity index (χ2v) is 4.09. The number of hydrogen-bond acceptors (Lipinski definition) is 3. The highest BCUT2D eigenvalue weighted by molar-refractivity contribution is 5.76. The molecule has 1 aliphatic rings. The third-order valence-corrected chi connectivity index (χ3v) is 2.55. The molecule has 1 heterocycles. The van der Waals surface area contributed by atoms with Crippen molar-refractivity contribution in [1.82, 2.24) is 10.6 Å². The summed E-state index contributed by atoms with van der Waals surface area (Å²) in [5.41, 5.74) is 0. The average molecular weight is 230 g/mol. The van der Waals surface area contributed by atoms with Crippen molar-refractivity contribution >= 4 is 12.0 Å². The Bertz CT molecular complexity index is 270. The summed E-state index contributed by atoms with van der Waals surface area (Å²) in [5.74, 6) is -0.926. The minimum Gasteiger partial charge on any atom is -0.481 e. The van der Waals surface area contributed by atoms with Gasteiger partial charge in [-0.15, -0.1) is 0 Å². The first kappa shape index (κ1) is 12.8. The van der Waals surface area contributed by atoms with Gasteiger partial charge in [-0.2, -0.15) is 0 Å². The van der Waals surface area contributed by atoms with Gasteiger partial charge in [-0.1, -0.05) is 0 Å². The van der Waals surface area contributed by atoms with Gasteiger partial charge >= 0.3 is 12.0 Å². The van der Waals surface area contributed by atoms with E-state index in [1.54, 1.807) is 6.92 Å². The molecular formula is C10H18N2O4. The van der Waals surface area contributed by atoms with Crippen LogP contribution >= 0.6 is 0 Å². The van der Waals surface area contributed by atoms with Crippen LogP contribution in [-0.2, 0) is 9.53 Å². The number of hydrogen-bond donors (Lipinski definition) is 3. The molecule has 92 valence electrons. The van der Waals surface area contributed by atoms with Gasteiger partial charge in [0.1, 0.15) is 0 Å². The van der Waals surface area contributed by atoms with Gasteiger partial charge < -0.3 is 20.5 Å². The lowest BCUT2D eigenvalue weighted by molar-refractivity contribution is -0.137. The molecule has 0 aromatic heterocycles. The van der Waals surface area contributed by atoms with Crippen LogP contribution in [0.1, 0.15) is 26.7 Å². The summed E-state index contributed by atoms with van der Waals surface area (Å²) in [5, 5.41) is 13.9. The van der Waals surface area contributed by atoms with E-state index in [0.29, 0.717) is 6.61 Å². The molecule has 0 aromatic rings. The predicted molar refractivity (Wildman–Crippen MR) is 57.2 cm³/mol. The van der Waals surface area contributed by atoms with Crippen molar-refractivity contribution in [2.24, 2.45) is 0 Å². The average Bonchev–Trinajstić information content (AvgIpc) is 2.49. The number of amides is 2. The third kappa shape index (κ3) is 4.06. The van der Waals surface area contributed by atoms with Gasteiger partial charge in [-0.05, 0) is 20.3 Å². The number of carboxylic acid groups (broad SMARTS) is 1. The summed E-state index contributed by atoms with van der Waals surface area (Å²) in [6.07, 6.45) is 0.729. The molecule has 2 amide bonds. The Labute approximate surface area is 94.3 Å². The molecule has 0 spiro atoms. The van der Waals surface area contributed by atoms with Crippen LogP contribution in [-0.4, -0.2) is 41.9 Å². The van der Waals surface area contributed by atoms with Crippen LogP contribution in [0.15, 0.2) is 0 Å². The Balaban J connectivity index is 2.27. The molecule has 0 bridgehead atoms. The maximum Gasteiger partial charge on any atom is 0.315 e. The van der Waals surface area contributed by atoms with Crippen LogP contribution in [0.5, 0.6) is 0 Å². The molecule has 0 radical (unpaired) electrons. The number of urea groups is 1. The summed E-state index contributed by atoms with van der Waals surface area (Å²) in [6.45, 7) is 4.21. The van der Waals surface area contributed by atoms with Gasteiger partial charge in [0.05, 0.1) is 18.6 Å². The Morgan fingerprint density at radius 2 is 2.25 bits per heavy atom. The zero-order valence-electron chi connectivity index (χ0n) is 9.53. The fraction of sp³-hybridized carbons (Fsp3) is 0.800. The lowest BCUT2D eigenvalue weighted by Crippen LogP contribution is -2.47. The van der Waals surface area contributed by atoms with Crippen LogP contribution in [0.3, 0.4) is 0 Å². The predicted octanol–water partition coefficient (Wildman–Crippen LogP) is 0.326. The van der Waals surface area contributed by atoms with Crippen LogP contribution in [0.25, 0.3) is 0 Å². The molecule has 1 saturated heterocycles. The van der Waals surface area contributed by atoms with Crippen molar-refractivity contribution in [2.45, 2.75) is 44.9 Å². The normalized spacial score (nSPS) is 26.1. The monoisotopic (exact) mass is 230 g/mol. The van der Waals surface area contributed by atoms with Crippen molar-refractivity contribution in [3.8, 4) is 0 Å². The van der Waals surface area contributed by atoms with Crippen LogP contribution in [0.4, 0.5) is 4.79 Å². The highest BCUT2D eigenvalue weighted by Crippen LogP contribution is 2.12. The molecule has 3 atom stereocenters. The zero-order chi connectivity index (χ0) is 12.1. The van der Waals surface area contributed by atoms with Gasteiger partial charge in [0.2, 0.25) is 0 Å². The lowest BCUT2D eigenvalue weighted by Gasteiger charge is -2.18. The SMILES string of the molecule is CC(CC(=O)O)NC(=O)NC1CCOC1C. The van der Waals surface area contributed by atoms with Crippen molar-refractivity contribution in [1.29, 1.82) is 0 Å². The number of nitrogens with one attached hydrogen (secondary N) is 2. The Morgan fingerprint density at radius 1 is 1.56 bits per heavy atom. The summed E-state index contributed by atoms with van der Waals surface area (Å²) in [7, 11) is 0. The molecule has 0 aromatic carbocycles. The molecule has 3 unspecified atom stereocenters. The number of carboxylic acids is 1. The van der Waals surface area contributed by atoms with Crippen molar-refractivity contribution in [3.05, 3.63) is 0 Å². The minimum absolute atomic E-state index is 0.0111. The molecule has 6 nitrogen and oxygen atoms in total. The molecule has 1 rings (SSSR count). The first-order chi connectivity index (χ1) is 7.49. The first-order valence-corrected chi connectivity index (χ1v) is 5.39. The number of carbonyl (C=O) groups is 2. The number of carbonyl (C=O) groups excluding carboxylic acids is 1. The molecule has 3 N–H and O–H groups in total. The van der Waals surface area contributed by atoms with E-state index in [4.69, 9.17) is 9.84 Å². The fourth-order valence-corrected chi connectivity index (χ4v) is 1.67. The molecule has 0 aliphatic carbocycles. The van der Waals surface area contributed by atoms with Crippen molar-refractivity contribution < 1.29 is 19.4 Å². The largest absolute Gasteiger partial charge is 0.481 e. The maximum absolute atomic E-state index is 11.5. The summed E-state index contributed by atoms with van der Waals surface area (Å²) < 4.78 is 5.30. The van der Waals surface area contributed by atoms with Crippen LogP contribution < -0.4 is 10.6 Å². The molecule has 16 heavy (non-hydrogen) atoms. The van der Waals surface area contributed by atoms with Gasteiger partial charge in [0.25, 0.3) is 0 Å². The minimum atomic E-state index is -0.926. The second-order valence-electron chi connectivity index (χ2n) is 4.09. The van der Waals surface area contributed by atoms with E-state index < -0.39 is 5.97 Å². The molecule has 0 saturated carbocycles. The molecule has 6 heteroatoms. The number of ether oxygens (including phenoxy) is 1. The van der Waals surface area contributed by atoms with E-state index in [-0.39, 0.29) is 30.6 Å². The van der Waals surface area contributed by atoms with Crippen LogP contribution in [0.2, 0.25) is 0 Å². The van der Waals surface area contributed by atoms with E-state index >= 15 is 0 Å². The van der Waals surface area contributed by atoms with E-state index in [1.807, 2.05) is 6.92 Å². The number of aliphatic carboxylic acids is 1. The smallest absolute Gasteiger partial charge is 0.315 e. The number of rotatable bonds is 4. The van der Waals surface area contributed by atoms with Gasteiger partial charge in [-0.3, -0.25) is 4.79 Å². The molecule has 1 aliphatic heterocycles. The van der Waals surface area contributed by atoms with E-state index in [9.17, 15) is 9.59 Å². The lowest BCUT2D eigenvalue weighted by atomic mass is 10.1. The van der Waals surface area contributed by atoms with E-state index in [2.05, 4.69) is 10.6 Å². The summed E-state index contributed by atoms with van der Waals surface area (Å²) >= 11 is 0. The van der Waals surface area contributed by atoms with Crippen LogP contribution in [0, 0.1) is 0 Å². The van der Waals surface area contributed by atoms with Crippen molar-refractivity contribution in [3.63, 3.8) is 0 Å². The molecular weight excluding hydrogens is 212 g/mol. The summed E-state index contributed by atoms with van der Waals surface area (Å²) in [6, 6.07) is -0.705. The highest BCUT2D eigenvalue weighted by atomic mass is 16.5. The summed E-state index contributed by atoms with van der Waals surface area (Å²) in [4.78, 5) is 21.9.